The van der Waals surface area contributed by atoms with E-state index in [9.17, 15) is 24.3 Å². The van der Waals surface area contributed by atoms with E-state index >= 15 is 0 Å². The maximum atomic E-state index is 14.8. The molecule has 0 spiro atoms. The molecule has 4 heterocycles. The fraction of sp³-hybridized carbons (Fsp3) is 0.446. The summed E-state index contributed by atoms with van der Waals surface area (Å²) in [6.45, 7) is 13.2. The average molecular weight is 968 g/mol. The summed E-state index contributed by atoms with van der Waals surface area (Å²) in [6, 6.07) is 21.4. The number of carbonyl (C=O) groups is 4. The first-order chi connectivity index (χ1) is 33.8. The molecule has 1 fully saturated rings. The summed E-state index contributed by atoms with van der Waals surface area (Å²) in [6.07, 6.45) is 6.56. The number of aryl methyl sites for hydroxylation is 1. The van der Waals surface area contributed by atoms with Crippen molar-refractivity contribution in [2.45, 2.75) is 98.1 Å². The lowest BCUT2D eigenvalue weighted by Gasteiger charge is -2.36. The molecule has 7 rings (SSSR count). The fourth-order valence-corrected chi connectivity index (χ4v) is 10.0. The van der Waals surface area contributed by atoms with Gasteiger partial charge in [-0.3, -0.25) is 34.1 Å². The van der Waals surface area contributed by atoms with Crippen molar-refractivity contribution in [3.63, 3.8) is 0 Å². The number of benzene rings is 3. The molecule has 0 unspecified atom stereocenters. The zero-order valence-corrected chi connectivity index (χ0v) is 43.2. The van der Waals surface area contributed by atoms with Crippen molar-refractivity contribution in [2.75, 3.05) is 60.3 Å². The zero-order chi connectivity index (χ0) is 51.1. The van der Waals surface area contributed by atoms with E-state index in [1.807, 2.05) is 56.9 Å². The summed E-state index contributed by atoms with van der Waals surface area (Å²) in [5.41, 5.74) is 11.9. The second-order valence-corrected chi connectivity index (χ2v) is 20.9. The summed E-state index contributed by atoms with van der Waals surface area (Å²) < 4.78 is 8.54. The van der Waals surface area contributed by atoms with Crippen molar-refractivity contribution in [3.8, 4) is 28.1 Å². The van der Waals surface area contributed by atoms with Crippen LogP contribution in [0.5, 0.6) is 5.75 Å². The van der Waals surface area contributed by atoms with Gasteiger partial charge in [-0.1, -0.05) is 70.2 Å². The smallest absolute Gasteiger partial charge is 0.324 e. The Balaban J connectivity index is 1.24. The SMILES string of the molecule is CCn1c(-c2ccccc2CN(C)C)c2c3cc(ccc31)-c1cc(O)cc(c1)C[C@H](NC(=O)[C@H](C(C)C)N(C)Cc1ccc(NC(=O)/C=C/CN(C)C)cn1)C(=O)N1CCC[C@H](N1)C(=O)OCC(C)(C)C2. The molecule has 4 N–H and O–H groups in total. The molecular weight excluding hydrogens is 895 g/mol. The van der Waals surface area contributed by atoms with E-state index in [0.29, 0.717) is 55.8 Å². The topological polar surface area (TPSA) is 165 Å². The summed E-state index contributed by atoms with van der Waals surface area (Å²) >= 11 is 0. The molecule has 1 saturated heterocycles. The number of carbonyl (C=O) groups excluding carboxylic acids is 4. The summed E-state index contributed by atoms with van der Waals surface area (Å²) in [4.78, 5) is 66.5. The highest BCUT2D eigenvalue weighted by atomic mass is 16.5. The van der Waals surface area contributed by atoms with E-state index in [1.54, 1.807) is 30.5 Å². The summed E-state index contributed by atoms with van der Waals surface area (Å²) in [5.74, 6) is -1.59. The van der Waals surface area contributed by atoms with Crippen LogP contribution in [0.3, 0.4) is 0 Å². The number of hydrogen-bond acceptors (Lipinski definition) is 11. The van der Waals surface area contributed by atoms with Gasteiger partial charge in [0.1, 0.15) is 17.8 Å². The van der Waals surface area contributed by atoms with Crippen LogP contribution in [0.4, 0.5) is 5.69 Å². The Morgan fingerprint density at radius 3 is 2.45 bits per heavy atom. The number of ether oxygens (including phenoxy) is 1. The standard InChI is InChI=1S/C56H73N9O6/c1-11-64-49-23-20-38-30-45(49)46(52(64)44-17-13-12-16-39(44)33-62(8)9)31-56(4,5)35-71-55(70)47-18-14-25-65(60-47)54(69)48(28-37-26-40(38)29-43(66)27-37)59-53(68)51(36(2)3)63(10)34-42-22-21-41(32-57-42)58-50(67)19-15-24-61(6)7/h12-13,15-17,19-23,26-27,29-30,32,36,47-48,51,60,66H,11,14,18,24-25,28,31,33-35H2,1-10H3,(H,58,67)(H,59,68)/b19-15+/t47-,48-,51-/m0/s1. The number of anilines is 1. The van der Waals surface area contributed by atoms with E-state index in [1.165, 1.54) is 16.6 Å². The van der Waals surface area contributed by atoms with E-state index in [4.69, 9.17) is 4.74 Å². The molecule has 2 aromatic heterocycles. The van der Waals surface area contributed by atoms with Crippen molar-refractivity contribution in [1.82, 2.24) is 40.0 Å². The minimum absolute atomic E-state index is 0.0351. The van der Waals surface area contributed by atoms with Crippen LogP contribution in [-0.4, -0.2) is 131 Å². The fourth-order valence-electron chi connectivity index (χ4n) is 10.0. The molecule has 3 amide bonds. The van der Waals surface area contributed by atoms with Crippen LogP contribution >= 0.6 is 0 Å². The number of aromatic nitrogens is 2. The van der Waals surface area contributed by atoms with Gasteiger partial charge in [0.05, 0.1) is 35.9 Å². The van der Waals surface area contributed by atoms with Gasteiger partial charge in [-0.25, -0.2) is 5.43 Å². The molecule has 0 radical (unpaired) electrons. The number of hydrazine groups is 1. The van der Waals surface area contributed by atoms with Gasteiger partial charge in [-0.05, 0) is 132 Å². The first kappa shape index (κ1) is 52.4. The molecule has 2 aliphatic heterocycles. The Morgan fingerprint density at radius 2 is 1.75 bits per heavy atom. The second kappa shape index (κ2) is 22.8. The van der Waals surface area contributed by atoms with Gasteiger partial charge >= 0.3 is 5.97 Å². The normalized spacial score (nSPS) is 18.1. The van der Waals surface area contributed by atoms with E-state index in [-0.39, 0.29) is 36.5 Å². The number of rotatable bonds is 14. The predicted octanol–water partition coefficient (Wildman–Crippen LogP) is 7.02. The number of phenolic OH excluding ortho intramolecular Hbond substituents is 1. The highest BCUT2D eigenvalue weighted by molar-refractivity contribution is 5.99. The number of aromatic hydroxyl groups is 1. The zero-order valence-electron chi connectivity index (χ0n) is 43.2. The Bertz CT molecular complexity index is 2740. The Labute approximate surface area is 419 Å². The maximum Gasteiger partial charge on any atom is 0.324 e. The number of nitrogens with zero attached hydrogens (tertiary/aromatic N) is 6. The Kier molecular flexibility index (Phi) is 16.8. The number of phenols is 1. The van der Waals surface area contributed by atoms with Gasteiger partial charge in [0.2, 0.25) is 11.8 Å². The third-order valence-electron chi connectivity index (χ3n) is 13.2. The number of hydrogen-bond donors (Lipinski definition) is 4. The summed E-state index contributed by atoms with van der Waals surface area (Å²) in [5, 5.41) is 19.9. The number of likely N-dealkylation sites (N-methyl/N-ethyl adjacent to an activating group) is 2. The number of amides is 3. The van der Waals surface area contributed by atoms with Gasteiger partial charge < -0.3 is 34.8 Å². The van der Waals surface area contributed by atoms with E-state index in [2.05, 4.69) is 108 Å². The second-order valence-electron chi connectivity index (χ2n) is 20.9. The Hall–Kier alpha value is -6.39. The first-order valence-corrected chi connectivity index (χ1v) is 24.8. The van der Waals surface area contributed by atoms with Crippen LogP contribution < -0.4 is 16.1 Å². The van der Waals surface area contributed by atoms with Crippen molar-refractivity contribution in [2.24, 2.45) is 11.3 Å². The molecule has 0 aliphatic carbocycles. The molecule has 15 heteroatoms. The first-order valence-electron chi connectivity index (χ1n) is 24.8. The van der Waals surface area contributed by atoms with Gasteiger partial charge in [0.25, 0.3) is 5.91 Å². The van der Waals surface area contributed by atoms with Crippen LogP contribution in [0.2, 0.25) is 0 Å². The van der Waals surface area contributed by atoms with Crippen LogP contribution in [0, 0.1) is 11.3 Å². The maximum absolute atomic E-state index is 14.8. The van der Waals surface area contributed by atoms with Gasteiger partial charge in [-0.2, -0.15) is 0 Å². The number of esters is 1. The number of nitrogens with one attached hydrogen (secondary N) is 3. The van der Waals surface area contributed by atoms with Crippen LogP contribution in [0.1, 0.15) is 69.8 Å². The van der Waals surface area contributed by atoms with Crippen LogP contribution in [-0.2, 0) is 56.4 Å². The summed E-state index contributed by atoms with van der Waals surface area (Å²) in [7, 11) is 9.85. The van der Waals surface area contributed by atoms with Crippen LogP contribution in [0.25, 0.3) is 33.3 Å². The minimum atomic E-state index is -1.07. The number of pyridine rings is 1. The lowest BCUT2D eigenvalue weighted by molar-refractivity contribution is -0.155. The Morgan fingerprint density at radius 1 is 0.972 bits per heavy atom. The molecule has 15 nitrogen and oxygen atoms in total. The van der Waals surface area contributed by atoms with Gasteiger partial charge in [0.15, 0.2) is 0 Å². The van der Waals surface area contributed by atoms with Crippen molar-refractivity contribution in [1.29, 1.82) is 0 Å². The molecule has 3 atom stereocenters. The van der Waals surface area contributed by atoms with Crippen molar-refractivity contribution >= 4 is 40.3 Å². The largest absolute Gasteiger partial charge is 0.508 e. The minimum Gasteiger partial charge on any atom is -0.508 e. The number of fused-ring (bicyclic) bond motifs is 6. The molecule has 71 heavy (non-hydrogen) atoms. The molecule has 378 valence electrons. The van der Waals surface area contributed by atoms with E-state index < -0.39 is 35.4 Å². The highest BCUT2D eigenvalue weighted by Crippen LogP contribution is 2.41. The third kappa shape index (κ3) is 12.9. The lowest BCUT2D eigenvalue weighted by Crippen LogP contribution is -2.61. The highest BCUT2D eigenvalue weighted by Gasteiger charge is 2.37. The van der Waals surface area contributed by atoms with Crippen molar-refractivity contribution in [3.05, 3.63) is 114 Å². The molecule has 5 aromatic rings. The molecule has 0 saturated carbocycles. The third-order valence-corrected chi connectivity index (χ3v) is 13.2. The monoisotopic (exact) mass is 968 g/mol. The average Bonchev–Trinajstić information content (AvgIpc) is 3.61. The van der Waals surface area contributed by atoms with Crippen molar-refractivity contribution < 1.29 is 29.0 Å². The van der Waals surface area contributed by atoms with Crippen LogP contribution in [0.15, 0.2) is 91.1 Å². The quantitative estimate of drug-likeness (QED) is 0.0668. The number of cyclic esters (lactones) is 1. The molecular formula is C56H73N9O6. The van der Waals surface area contributed by atoms with Gasteiger partial charge in [0, 0.05) is 67.1 Å². The van der Waals surface area contributed by atoms with E-state index in [0.717, 1.165) is 51.9 Å². The lowest BCUT2D eigenvalue weighted by atomic mass is 9.84. The molecule has 3 aromatic carbocycles. The van der Waals surface area contributed by atoms with Gasteiger partial charge in [-0.15, -0.1) is 0 Å². The molecule has 6 bridgehead atoms. The molecule has 2 aliphatic rings. The predicted molar refractivity (Wildman–Crippen MR) is 280 cm³/mol.